The molecule has 0 spiro atoms. The van der Waals surface area contributed by atoms with Crippen LogP contribution >= 0.6 is 0 Å². The topological polar surface area (TPSA) is 101 Å². The molecule has 7 heteroatoms. The molecule has 0 aromatic heterocycles. The van der Waals surface area contributed by atoms with Crippen LogP contribution in [-0.4, -0.2) is 27.4 Å². The number of carbonyl (C=O) groups is 1. The van der Waals surface area contributed by atoms with Gasteiger partial charge in [-0.3, -0.25) is 4.79 Å². The molecule has 106 valence electrons. The standard InChI is InChI=1S/C12H19N3O3S/c1-2-8-15-19(17,18)11-6-4-3-5-10(11)14-9-7-12(13)16/h3-6,14-15H,2,7-9H2,1H3,(H2,13,16). The summed E-state index contributed by atoms with van der Waals surface area (Å²) in [5.74, 6) is -0.433. The molecule has 6 nitrogen and oxygen atoms in total. The second-order valence-corrected chi connectivity index (χ2v) is 5.77. The second kappa shape index (κ2) is 7.10. The summed E-state index contributed by atoms with van der Waals surface area (Å²) in [6, 6.07) is 6.55. The monoisotopic (exact) mass is 285 g/mol. The zero-order valence-electron chi connectivity index (χ0n) is 10.8. The molecule has 0 radical (unpaired) electrons. The summed E-state index contributed by atoms with van der Waals surface area (Å²) in [4.78, 5) is 10.8. The molecule has 1 amide bonds. The van der Waals surface area contributed by atoms with Gasteiger partial charge in [-0.2, -0.15) is 0 Å². The third kappa shape index (κ3) is 4.88. The molecular formula is C12H19N3O3S. The van der Waals surface area contributed by atoms with E-state index >= 15 is 0 Å². The fraction of sp³-hybridized carbons (Fsp3) is 0.417. The summed E-state index contributed by atoms with van der Waals surface area (Å²) in [7, 11) is -3.53. The third-order valence-corrected chi connectivity index (χ3v) is 3.92. The summed E-state index contributed by atoms with van der Waals surface area (Å²) >= 11 is 0. The van der Waals surface area contributed by atoms with Gasteiger partial charge in [0.1, 0.15) is 4.90 Å². The molecule has 1 aromatic rings. The fourth-order valence-electron chi connectivity index (χ4n) is 1.48. The van der Waals surface area contributed by atoms with Gasteiger partial charge in [-0.1, -0.05) is 19.1 Å². The van der Waals surface area contributed by atoms with E-state index in [1.54, 1.807) is 18.2 Å². The minimum absolute atomic E-state index is 0.150. The lowest BCUT2D eigenvalue weighted by atomic mass is 10.3. The van der Waals surface area contributed by atoms with Gasteiger partial charge in [0, 0.05) is 19.5 Å². The van der Waals surface area contributed by atoms with Gasteiger partial charge in [-0.25, -0.2) is 13.1 Å². The molecule has 0 fully saturated rings. The second-order valence-electron chi connectivity index (χ2n) is 4.04. The smallest absolute Gasteiger partial charge is 0.242 e. The van der Waals surface area contributed by atoms with Crippen LogP contribution in [0.4, 0.5) is 5.69 Å². The van der Waals surface area contributed by atoms with Crippen molar-refractivity contribution in [3.63, 3.8) is 0 Å². The number of hydrogen-bond acceptors (Lipinski definition) is 4. The first kappa shape index (κ1) is 15.5. The first-order chi connectivity index (χ1) is 8.97. The minimum Gasteiger partial charge on any atom is -0.383 e. The van der Waals surface area contributed by atoms with Gasteiger partial charge in [0.25, 0.3) is 0 Å². The van der Waals surface area contributed by atoms with Gasteiger partial charge in [0.2, 0.25) is 15.9 Å². The summed E-state index contributed by atoms with van der Waals surface area (Å²) in [5, 5.41) is 2.91. The van der Waals surface area contributed by atoms with Crippen LogP contribution in [0.1, 0.15) is 19.8 Å². The average Bonchev–Trinajstić information content (AvgIpc) is 2.36. The molecule has 1 rings (SSSR count). The van der Waals surface area contributed by atoms with Crippen molar-refractivity contribution in [1.82, 2.24) is 4.72 Å². The van der Waals surface area contributed by atoms with Crippen molar-refractivity contribution < 1.29 is 13.2 Å². The lowest BCUT2D eigenvalue weighted by Crippen LogP contribution is -2.25. The fourth-order valence-corrected chi connectivity index (χ4v) is 2.80. The molecule has 4 N–H and O–H groups in total. The maximum absolute atomic E-state index is 12.1. The van der Waals surface area contributed by atoms with Crippen LogP contribution in [0.25, 0.3) is 0 Å². The lowest BCUT2D eigenvalue weighted by molar-refractivity contribution is -0.117. The van der Waals surface area contributed by atoms with Crippen molar-refractivity contribution in [3.05, 3.63) is 24.3 Å². The number of nitrogens with two attached hydrogens (primary N) is 1. The van der Waals surface area contributed by atoms with Crippen LogP contribution in [0.3, 0.4) is 0 Å². The van der Waals surface area contributed by atoms with E-state index in [1.165, 1.54) is 6.07 Å². The zero-order valence-corrected chi connectivity index (χ0v) is 11.7. The van der Waals surface area contributed by atoms with Gasteiger partial charge < -0.3 is 11.1 Å². The van der Waals surface area contributed by atoms with Crippen LogP contribution in [-0.2, 0) is 14.8 Å². The van der Waals surface area contributed by atoms with Crippen molar-refractivity contribution in [3.8, 4) is 0 Å². The van der Waals surface area contributed by atoms with Gasteiger partial charge in [0.05, 0.1) is 5.69 Å². The molecule has 0 heterocycles. The Morgan fingerprint density at radius 2 is 1.95 bits per heavy atom. The predicted molar refractivity (Wildman–Crippen MR) is 74.2 cm³/mol. The van der Waals surface area contributed by atoms with E-state index in [1.807, 2.05) is 6.92 Å². The van der Waals surface area contributed by atoms with E-state index in [0.717, 1.165) is 6.42 Å². The number of hydrogen-bond donors (Lipinski definition) is 3. The number of para-hydroxylation sites is 1. The number of sulfonamides is 1. The SMILES string of the molecule is CCCNS(=O)(=O)c1ccccc1NCCC(N)=O. The number of amides is 1. The van der Waals surface area contributed by atoms with E-state index in [2.05, 4.69) is 10.0 Å². The van der Waals surface area contributed by atoms with Crippen molar-refractivity contribution in [2.75, 3.05) is 18.4 Å². The molecular weight excluding hydrogens is 266 g/mol. The number of benzene rings is 1. The summed E-state index contributed by atoms with van der Waals surface area (Å²) in [6.07, 6.45) is 0.868. The summed E-state index contributed by atoms with van der Waals surface area (Å²) in [5.41, 5.74) is 5.50. The highest BCUT2D eigenvalue weighted by molar-refractivity contribution is 7.89. The summed E-state index contributed by atoms with van der Waals surface area (Å²) in [6.45, 7) is 2.58. The van der Waals surface area contributed by atoms with E-state index in [9.17, 15) is 13.2 Å². The van der Waals surface area contributed by atoms with Crippen molar-refractivity contribution in [2.45, 2.75) is 24.7 Å². The number of anilines is 1. The van der Waals surface area contributed by atoms with Crippen LogP contribution in [0.15, 0.2) is 29.2 Å². The molecule has 0 atom stereocenters. The average molecular weight is 285 g/mol. The number of primary amides is 1. The van der Waals surface area contributed by atoms with Gasteiger partial charge in [-0.05, 0) is 18.6 Å². The van der Waals surface area contributed by atoms with Crippen molar-refractivity contribution in [2.24, 2.45) is 5.73 Å². The highest BCUT2D eigenvalue weighted by Gasteiger charge is 2.17. The van der Waals surface area contributed by atoms with E-state index in [-0.39, 0.29) is 11.3 Å². The van der Waals surface area contributed by atoms with Crippen LogP contribution in [0, 0.1) is 0 Å². The van der Waals surface area contributed by atoms with Gasteiger partial charge >= 0.3 is 0 Å². The first-order valence-corrected chi connectivity index (χ1v) is 7.56. The first-order valence-electron chi connectivity index (χ1n) is 6.08. The normalized spacial score (nSPS) is 11.2. The Labute approximate surface area is 113 Å². The van der Waals surface area contributed by atoms with Gasteiger partial charge in [0.15, 0.2) is 0 Å². The Morgan fingerprint density at radius 1 is 1.26 bits per heavy atom. The van der Waals surface area contributed by atoms with E-state index in [4.69, 9.17) is 5.73 Å². The Bertz CT molecular complexity index is 529. The molecule has 0 bridgehead atoms. The maximum atomic E-state index is 12.1. The Balaban J connectivity index is 2.86. The largest absolute Gasteiger partial charge is 0.383 e. The molecule has 0 unspecified atom stereocenters. The molecule has 19 heavy (non-hydrogen) atoms. The van der Waals surface area contributed by atoms with Crippen LogP contribution in [0.2, 0.25) is 0 Å². The Hall–Kier alpha value is -1.60. The minimum atomic E-state index is -3.53. The highest BCUT2D eigenvalue weighted by atomic mass is 32.2. The molecule has 0 aliphatic carbocycles. The molecule has 0 aliphatic rings. The van der Waals surface area contributed by atoms with Crippen LogP contribution < -0.4 is 15.8 Å². The Morgan fingerprint density at radius 3 is 2.58 bits per heavy atom. The summed E-state index contributed by atoms with van der Waals surface area (Å²) < 4.78 is 26.6. The van der Waals surface area contributed by atoms with Crippen molar-refractivity contribution in [1.29, 1.82) is 0 Å². The molecule has 0 saturated carbocycles. The molecule has 0 aliphatic heterocycles. The lowest BCUT2D eigenvalue weighted by Gasteiger charge is -2.12. The molecule has 1 aromatic carbocycles. The number of rotatable bonds is 8. The predicted octanol–water partition coefficient (Wildman–Crippen LogP) is 0.662. The van der Waals surface area contributed by atoms with Crippen molar-refractivity contribution >= 4 is 21.6 Å². The van der Waals surface area contributed by atoms with Gasteiger partial charge in [-0.15, -0.1) is 0 Å². The maximum Gasteiger partial charge on any atom is 0.242 e. The highest BCUT2D eigenvalue weighted by Crippen LogP contribution is 2.20. The van der Waals surface area contributed by atoms with E-state index < -0.39 is 15.9 Å². The number of carbonyl (C=O) groups excluding carboxylic acids is 1. The third-order valence-electron chi connectivity index (χ3n) is 2.41. The zero-order chi connectivity index (χ0) is 14.3. The quantitative estimate of drug-likeness (QED) is 0.653. The van der Waals surface area contributed by atoms with E-state index in [0.29, 0.717) is 18.8 Å². The Kier molecular flexibility index (Phi) is 5.78. The number of nitrogens with one attached hydrogen (secondary N) is 2. The molecule has 0 saturated heterocycles. The van der Waals surface area contributed by atoms with Crippen LogP contribution in [0.5, 0.6) is 0 Å².